The molecule has 31 heavy (non-hydrogen) atoms. The summed E-state index contributed by atoms with van der Waals surface area (Å²) in [5, 5.41) is 1.88. The highest BCUT2D eigenvalue weighted by Crippen LogP contribution is 2.34. The fourth-order valence-corrected chi connectivity index (χ4v) is 5.25. The summed E-state index contributed by atoms with van der Waals surface area (Å²) in [5.41, 5.74) is 2.00. The summed E-state index contributed by atoms with van der Waals surface area (Å²) in [4.78, 5) is 23.8. The van der Waals surface area contributed by atoms with Crippen LogP contribution in [0.3, 0.4) is 0 Å². The van der Waals surface area contributed by atoms with E-state index in [1.54, 1.807) is 17.5 Å². The molecule has 1 aliphatic heterocycles. The molecular weight excluding hydrogens is 430 g/mol. The third-order valence-corrected chi connectivity index (χ3v) is 7.19. The van der Waals surface area contributed by atoms with E-state index in [0.29, 0.717) is 35.4 Å². The van der Waals surface area contributed by atoms with Gasteiger partial charge in [-0.1, -0.05) is 23.7 Å². The smallest absolute Gasteiger partial charge is 0.223 e. The molecule has 158 valence electrons. The van der Waals surface area contributed by atoms with E-state index >= 15 is 0 Å². The summed E-state index contributed by atoms with van der Waals surface area (Å²) < 4.78 is 7.06. The second kappa shape index (κ2) is 8.81. The van der Waals surface area contributed by atoms with Crippen LogP contribution in [0.5, 0.6) is 0 Å². The third kappa shape index (κ3) is 4.50. The third-order valence-electron chi connectivity index (χ3n) is 5.74. The molecule has 1 amide bonds. The molecule has 4 aromatic rings. The Kier molecular flexibility index (Phi) is 5.74. The summed E-state index contributed by atoms with van der Waals surface area (Å²) in [6, 6.07) is 15.7. The van der Waals surface area contributed by atoms with Crippen LogP contribution >= 0.6 is 22.9 Å². The second-order valence-corrected chi connectivity index (χ2v) is 9.30. The molecule has 1 saturated heterocycles. The van der Waals surface area contributed by atoms with Crippen LogP contribution in [0, 0.1) is 0 Å². The average molecular weight is 452 g/mol. The van der Waals surface area contributed by atoms with E-state index in [1.807, 2.05) is 35.2 Å². The lowest BCUT2D eigenvalue weighted by Gasteiger charge is -2.31. The minimum Gasteiger partial charge on any atom is -0.441 e. The first-order valence-corrected chi connectivity index (χ1v) is 11.7. The van der Waals surface area contributed by atoms with Crippen molar-refractivity contribution in [2.45, 2.75) is 31.6 Å². The van der Waals surface area contributed by atoms with Crippen LogP contribution in [0.15, 0.2) is 59.1 Å². The molecule has 2 aromatic carbocycles. The highest BCUT2D eigenvalue weighted by atomic mass is 35.5. The van der Waals surface area contributed by atoms with Crippen molar-refractivity contribution in [2.24, 2.45) is 0 Å². The van der Waals surface area contributed by atoms with Gasteiger partial charge in [-0.05, 0) is 49.2 Å². The Bertz CT molecular complexity index is 1160. The van der Waals surface area contributed by atoms with Crippen LogP contribution < -0.4 is 0 Å². The fourth-order valence-electron chi connectivity index (χ4n) is 3.99. The minimum atomic E-state index is 0.161. The maximum atomic E-state index is 12.7. The summed E-state index contributed by atoms with van der Waals surface area (Å²) in [7, 11) is 0. The van der Waals surface area contributed by atoms with Gasteiger partial charge in [0.05, 0.1) is 21.4 Å². The number of aromatic nitrogens is 2. The maximum Gasteiger partial charge on any atom is 0.223 e. The molecule has 0 unspecified atom stereocenters. The minimum absolute atomic E-state index is 0.161. The molecule has 0 radical (unpaired) electrons. The van der Waals surface area contributed by atoms with E-state index in [-0.39, 0.29) is 5.91 Å². The molecule has 1 aliphatic rings. The Morgan fingerprint density at radius 2 is 1.90 bits per heavy atom. The Balaban J connectivity index is 1.14. The number of carbonyl (C=O) groups excluding carboxylic acids is 1. The van der Waals surface area contributed by atoms with Crippen molar-refractivity contribution in [3.63, 3.8) is 0 Å². The Morgan fingerprint density at radius 3 is 2.68 bits per heavy atom. The van der Waals surface area contributed by atoms with Gasteiger partial charge in [0.25, 0.3) is 0 Å². The number of nitrogens with zero attached hydrogens (tertiary/aromatic N) is 3. The normalized spacial score (nSPS) is 14.9. The standard InChI is InChI=1S/C24H22ClN3O2S/c25-18-7-5-16(6-8-18)20-15-26-22(30-20)9-10-23(29)28-13-11-17(12-14-28)24-27-19-3-1-2-4-21(19)31-24/h1-8,15,17H,9-14H2. The molecule has 0 spiro atoms. The van der Waals surface area contributed by atoms with Crippen LogP contribution in [-0.2, 0) is 11.2 Å². The SMILES string of the molecule is O=C(CCc1ncc(-c2ccc(Cl)cc2)o1)N1CCC(c2nc3ccccc3s2)CC1. The van der Waals surface area contributed by atoms with Crippen molar-refractivity contribution in [3.8, 4) is 11.3 Å². The number of para-hydroxylation sites is 1. The van der Waals surface area contributed by atoms with Gasteiger partial charge in [0.2, 0.25) is 5.91 Å². The number of oxazole rings is 1. The molecule has 2 aromatic heterocycles. The monoisotopic (exact) mass is 451 g/mol. The Labute approximate surface area is 189 Å². The quantitative estimate of drug-likeness (QED) is 0.376. The number of fused-ring (bicyclic) bond motifs is 1. The summed E-state index contributed by atoms with van der Waals surface area (Å²) in [6.07, 6.45) is 4.54. The molecule has 5 rings (SSSR count). The first-order valence-electron chi connectivity index (χ1n) is 10.5. The van der Waals surface area contributed by atoms with Gasteiger partial charge in [0, 0.05) is 42.4 Å². The lowest BCUT2D eigenvalue weighted by molar-refractivity contribution is -0.132. The number of piperidine rings is 1. The second-order valence-electron chi connectivity index (χ2n) is 7.80. The number of aryl methyl sites for hydroxylation is 1. The fraction of sp³-hybridized carbons (Fsp3) is 0.292. The van der Waals surface area contributed by atoms with Crippen LogP contribution in [0.25, 0.3) is 21.5 Å². The van der Waals surface area contributed by atoms with Gasteiger partial charge in [0.15, 0.2) is 11.7 Å². The lowest BCUT2D eigenvalue weighted by atomic mass is 9.97. The maximum absolute atomic E-state index is 12.7. The van der Waals surface area contributed by atoms with Gasteiger partial charge in [-0.3, -0.25) is 4.79 Å². The van der Waals surface area contributed by atoms with Crippen molar-refractivity contribution < 1.29 is 9.21 Å². The molecule has 0 atom stereocenters. The summed E-state index contributed by atoms with van der Waals surface area (Å²) in [5.74, 6) is 1.88. The number of amides is 1. The largest absolute Gasteiger partial charge is 0.441 e. The van der Waals surface area contributed by atoms with E-state index in [0.717, 1.165) is 37.0 Å². The molecule has 0 N–H and O–H groups in total. The van der Waals surface area contributed by atoms with Crippen LogP contribution in [0.2, 0.25) is 5.02 Å². The van der Waals surface area contributed by atoms with Gasteiger partial charge < -0.3 is 9.32 Å². The number of likely N-dealkylation sites (tertiary alicyclic amines) is 1. The molecule has 5 nitrogen and oxygen atoms in total. The molecule has 0 bridgehead atoms. The first-order chi connectivity index (χ1) is 15.2. The number of rotatable bonds is 5. The first kappa shape index (κ1) is 20.2. The van der Waals surface area contributed by atoms with Crippen molar-refractivity contribution in [2.75, 3.05) is 13.1 Å². The molecule has 3 heterocycles. The molecule has 0 saturated carbocycles. The number of benzene rings is 2. The van der Waals surface area contributed by atoms with Crippen LogP contribution in [-0.4, -0.2) is 33.9 Å². The zero-order valence-corrected chi connectivity index (χ0v) is 18.5. The van der Waals surface area contributed by atoms with Gasteiger partial charge in [-0.25, -0.2) is 9.97 Å². The molecule has 0 aliphatic carbocycles. The number of hydrogen-bond acceptors (Lipinski definition) is 5. The molecular formula is C24H22ClN3O2S. The van der Waals surface area contributed by atoms with E-state index in [9.17, 15) is 4.79 Å². The highest BCUT2D eigenvalue weighted by Gasteiger charge is 2.26. The summed E-state index contributed by atoms with van der Waals surface area (Å²) in [6.45, 7) is 1.56. The van der Waals surface area contributed by atoms with Gasteiger partial charge >= 0.3 is 0 Å². The highest BCUT2D eigenvalue weighted by molar-refractivity contribution is 7.18. The van der Waals surface area contributed by atoms with Crippen molar-refractivity contribution >= 4 is 39.1 Å². The number of hydrogen-bond donors (Lipinski definition) is 0. The average Bonchev–Trinajstić information content (AvgIpc) is 3.45. The van der Waals surface area contributed by atoms with Gasteiger partial charge in [0.1, 0.15) is 0 Å². The zero-order valence-electron chi connectivity index (χ0n) is 17.0. The predicted octanol–water partition coefficient (Wildman–Crippen LogP) is 5.94. The van der Waals surface area contributed by atoms with Crippen molar-refractivity contribution in [3.05, 3.63) is 70.6 Å². The van der Waals surface area contributed by atoms with Crippen LogP contribution in [0.4, 0.5) is 0 Å². The van der Waals surface area contributed by atoms with E-state index < -0.39 is 0 Å². The van der Waals surface area contributed by atoms with E-state index in [1.165, 1.54) is 9.71 Å². The van der Waals surface area contributed by atoms with Crippen LogP contribution in [0.1, 0.15) is 36.1 Å². The zero-order chi connectivity index (χ0) is 21.2. The van der Waals surface area contributed by atoms with E-state index in [2.05, 4.69) is 23.2 Å². The predicted molar refractivity (Wildman–Crippen MR) is 123 cm³/mol. The van der Waals surface area contributed by atoms with Gasteiger partial charge in [-0.2, -0.15) is 0 Å². The number of thiazole rings is 1. The summed E-state index contributed by atoms with van der Waals surface area (Å²) >= 11 is 7.71. The van der Waals surface area contributed by atoms with Crippen molar-refractivity contribution in [1.29, 1.82) is 0 Å². The lowest BCUT2D eigenvalue weighted by Crippen LogP contribution is -2.38. The number of carbonyl (C=O) groups is 1. The Morgan fingerprint density at radius 1 is 1.13 bits per heavy atom. The van der Waals surface area contributed by atoms with E-state index in [4.69, 9.17) is 21.0 Å². The van der Waals surface area contributed by atoms with Crippen molar-refractivity contribution in [1.82, 2.24) is 14.9 Å². The van der Waals surface area contributed by atoms with Gasteiger partial charge in [-0.15, -0.1) is 11.3 Å². The Hall–Kier alpha value is -2.70. The molecule has 7 heteroatoms. The molecule has 1 fully saturated rings. The number of halogens is 1. The topological polar surface area (TPSA) is 59.2 Å².